The van der Waals surface area contributed by atoms with Crippen LogP contribution < -0.4 is 0 Å². The summed E-state index contributed by atoms with van der Waals surface area (Å²) in [5.74, 6) is -4.26. The maximum atomic E-state index is 11.9. The van der Waals surface area contributed by atoms with E-state index in [0.717, 1.165) is 0 Å². The second kappa shape index (κ2) is 6.39. The maximum Gasteiger partial charge on any atom is 0.454 e. The number of halogens is 3. The van der Waals surface area contributed by atoms with E-state index < -0.39 is 30.0 Å². The predicted octanol–water partition coefficient (Wildman–Crippen LogP) is 1.23. The molecule has 0 fully saturated rings. The van der Waals surface area contributed by atoms with Gasteiger partial charge < -0.3 is 9.84 Å². The van der Waals surface area contributed by atoms with Crippen LogP contribution in [0.15, 0.2) is 12.2 Å². The van der Waals surface area contributed by atoms with Crippen molar-refractivity contribution in [2.45, 2.75) is 26.1 Å². The summed E-state index contributed by atoms with van der Waals surface area (Å²) in [6.07, 6.45) is -5.33. The van der Waals surface area contributed by atoms with Crippen molar-refractivity contribution in [3.63, 3.8) is 0 Å². The molecule has 0 bridgehead atoms. The van der Waals surface area contributed by atoms with Gasteiger partial charge in [0, 0.05) is 0 Å². The summed E-state index contributed by atoms with van der Waals surface area (Å²) in [4.78, 5) is 21.7. The molecule has 0 aliphatic carbocycles. The fourth-order valence-electron chi connectivity index (χ4n) is 0.960. The minimum atomic E-state index is -4.99. The summed E-state index contributed by atoms with van der Waals surface area (Å²) in [5, 5.41) is 9.18. The number of esters is 1. The lowest BCUT2D eigenvalue weighted by molar-refractivity contribution is -0.165. The fraction of sp³-hybridized carbons (Fsp3) is 0.600. The van der Waals surface area contributed by atoms with Crippen LogP contribution in [0.4, 0.5) is 13.2 Å². The molecular formula is C10H13F3O4. The standard InChI is InChI=1S/C10H13F3O4/c1-3-17-9(16)7(6(2)14)4-5-8(15)10(11,12)13/h4-7,14H,3H2,1-2H3/b5-4-. The molecule has 4 nitrogen and oxygen atoms in total. The first-order valence-electron chi connectivity index (χ1n) is 4.84. The lowest BCUT2D eigenvalue weighted by Gasteiger charge is -2.14. The van der Waals surface area contributed by atoms with Crippen LogP contribution >= 0.6 is 0 Å². The molecular weight excluding hydrogens is 241 g/mol. The van der Waals surface area contributed by atoms with Crippen LogP contribution in [0.5, 0.6) is 0 Å². The number of ketones is 1. The van der Waals surface area contributed by atoms with E-state index in [4.69, 9.17) is 0 Å². The van der Waals surface area contributed by atoms with E-state index in [0.29, 0.717) is 6.08 Å². The average molecular weight is 254 g/mol. The highest BCUT2D eigenvalue weighted by molar-refractivity contribution is 5.95. The average Bonchev–Trinajstić information content (AvgIpc) is 2.16. The van der Waals surface area contributed by atoms with Gasteiger partial charge in [0.05, 0.1) is 12.7 Å². The van der Waals surface area contributed by atoms with Crippen LogP contribution in [0.3, 0.4) is 0 Å². The number of hydrogen-bond acceptors (Lipinski definition) is 4. The zero-order valence-electron chi connectivity index (χ0n) is 9.32. The number of carbonyl (C=O) groups is 2. The van der Waals surface area contributed by atoms with Gasteiger partial charge in [0.15, 0.2) is 0 Å². The lowest BCUT2D eigenvalue weighted by Crippen LogP contribution is -2.27. The third kappa shape index (κ3) is 5.48. The molecule has 0 saturated carbocycles. The number of carbonyl (C=O) groups excluding carboxylic acids is 2. The third-order valence-electron chi connectivity index (χ3n) is 1.81. The summed E-state index contributed by atoms with van der Waals surface area (Å²) in [7, 11) is 0. The molecule has 17 heavy (non-hydrogen) atoms. The van der Waals surface area contributed by atoms with Crippen LogP contribution in [0.1, 0.15) is 13.8 Å². The molecule has 0 aromatic rings. The molecule has 0 amide bonds. The Morgan fingerprint density at radius 2 is 1.94 bits per heavy atom. The highest BCUT2D eigenvalue weighted by atomic mass is 19.4. The molecule has 0 radical (unpaired) electrons. The molecule has 1 N–H and O–H groups in total. The van der Waals surface area contributed by atoms with E-state index in [1.165, 1.54) is 13.8 Å². The largest absolute Gasteiger partial charge is 0.465 e. The minimum absolute atomic E-state index is 0.0309. The van der Waals surface area contributed by atoms with E-state index in [1.54, 1.807) is 0 Å². The summed E-state index contributed by atoms with van der Waals surface area (Å²) in [6.45, 7) is 2.76. The number of aliphatic hydroxyl groups is 1. The minimum Gasteiger partial charge on any atom is -0.465 e. The normalized spacial score (nSPS) is 15.6. The number of hydrogen-bond donors (Lipinski definition) is 1. The first kappa shape index (κ1) is 15.6. The van der Waals surface area contributed by atoms with Gasteiger partial charge in [-0.3, -0.25) is 9.59 Å². The predicted molar refractivity (Wildman–Crippen MR) is 52.0 cm³/mol. The molecule has 0 heterocycles. The van der Waals surface area contributed by atoms with E-state index in [1.807, 2.05) is 0 Å². The Balaban J connectivity index is 4.72. The van der Waals surface area contributed by atoms with Gasteiger partial charge in [0.2, 0.25) is 0 Å². The maximum absolute atomic E-state index is 11.9. The summed E-state index contributed by atoms with van der Waals surface area (Å²) >= 11 is 0. The van der Waals surface area contributed by atoms with E-state index in [-0.39, 0.29) is 12.7 Å². The molecule has 0 saturated heterocycles. The van der Waals surface area contributed by atoms with Gasteiger partial charge in [-0.1, -0.05) is 6.08 Å². The van der Waals surface area contributed by atoms with E-state index in [9.17, 15) is 27.9 Å². The van der Waals surface area contributed by atoms with E-state index >= 15 is 0 Å². The van der Waals surface area contributed by atoms with Crippen LogP contribution in [-0.4, -0.2) is 35.7 Å². The molecule has 2 unspecified atom stereocenters. The monoisotopic (exact) mass is 254 g/mol. The number of ether oxygens (including phenoxy) is 1. The van der Waals surface area contributed by atoms with Crippen molar-refractivity contribution in [3.8, 4) is 0 Å². The van der Waals surface area contributed by atoms with Crippen molar-refractivity contribution in [1.82, 2.24) is 0 Å². The van der Waals surface area contributed by atoms with Gasteiger partial charge >= 0.3 is 12.1 Å². The second-order valence-corrected chi connectivity index (χ2v) is 3.24. The van der Waals surface area contributed by atoms with Crippen molar-refractivity contribution in [2.24, 2.45) is 5.92 Å². The zero-order valence-corrected chi connectivity index (χ0v) is 9.32. The Morgan fingerprint density at radius 3 is 2.29 bits per heavy atom. The second-order valence-electron chi connectivity index (χ2n) is 3.24. The first-order chi connectivity index (χ1) is 7.70. The molecule has 0 aliphatic rings. The van der Waals surface area contributed by atoms with Crippen LogP contribution in [-0.2, 0) is 14.3 Å². The van der Waals surface area contributed by atoms with Gasteiger partial charge in [-0.25, -0.2) is 0 Å². The number of allylic oxidation sites excluding steroid dienone is 1. The van der Waals surface area contributed by atoms with Crippen molar-refractivity contribution in [2.75, 3.05) is 6.61 Å². The van der Waals surface area contributed by atoms with E-state index in [2.05, 4.69) is 4.74 Å². The van der Waals surface area contributed by atoms with Crippen molar-refractivity contribution >= 4 is 11.8 Å². The van der Waals surface area contributed by atoms with Gasteiger partial charge in [-0.05, 0) is 19.9 Å². The molecule has 0 spiro atoms. The Kier molecular flexibility index (Phi) is 5.87. The molecule has 0 aliphatic heterocycles. The molecule has 0 aromatic heterocycles. The summed E-state index contributed by atoms with van der Waals surface area (Å²) in [6, 6.07) is 0. The Labute approximate surface area is 96.1 Å². The lowest BCUT2D eigenvalue weighted by atomic mass is 10.0. The Morgan fingerprint density at radius 1 is 1.41 bits per heavy atom. The summed E-state index contributed by atoms with van der Waals surface area (Å²) in [5.41, 5.74) is 0. The molecule has 0 rings (SSSR count). The number of alkyl halides is 3. The van der Waals surface area contributed by atoms with Crippen molar-refractivity contribution < 1.29 is 32.6 Å². The smallest absolute Gasteiger partial charge is 0.454 e. The quantitative estimate of drug-likeness (QED) is 0.592. The number of rotatable bonds is 5. The molecule has 0 aromatic carbocycles. The highest BCUT2D eigenvalue weighted by Gasteiger charge is 2.36. The summed E-state index contributed by atoms with van der Waals surface area (Å²) < 4.78 is 40.2. The van der Waals surface area contributed by atoms with Crippen molar-refractivity contribution in [3.05, 3.63) is 12.2 Å². The number of aliphatic hydroxyl groups excluding tert-OH is 1. The Hall–Kier alpha value is -1.37. The van der Waals surface area contributed by atoms with Crippen LogP contribution in [0, 0.1) is 5.92 Å². The van der Waals surface area contributed by atoms with Gasteiger partial charge in [0.1, 0.15) is 5.92 Å². The van der Waals surface area contributed by atoms with Crippen molar-refractivity contribution in [1.29, 1.82) is 0 Å². The fourth-order valence-corrected chi connectivity index (χ4v) is 0.960. The molecule has 2 atom stereocenters. The highest BCUT2D eigenvalue weighted by Crippen LogP contribution is 2.17. The molecule has 7 heteroatoms. The Bertz CT molecular complexity index is 307. The van der Waals surface area contributed by atoms with Gasteiger partial charge in [-0.15, -0.1) is 0 Å². The zero-order chi connectivity index (χ0) is 13.6. The first-order valence-corrected chi connectivity index (χ1v) is 4.84. The van der Waals surface area contributed by atoms with Crippen LogP contribution in [0.2, 0.25) is 0 Å². The third-order valence-corrected chi connectivity index (χ3v) is 1.81. The van der Waals surface area contributed by atoms with Gasteiger partial charge in [0.25, 0.3) is 5.78 Å². The topological polar surface area (TPSA) is 63.6 Å². The van der Waals surface area contributed by atoms with Gasteiger partial charge in [-0.2, -0.15) is 13.2 Å². The SMILES string of the molecule is CCOC(=O)C(/C=C\C(=O)C(F)(F)F)C(C)O. The van der Waals surface area contributed by atoms with Crippen LogP contribution in [0.25, 0.3) is 0 Å². The molecule has 98 valence electrons.